The number of para-hydroxylation sites is 1. The molecular formula is C29H24N4OS3. The van der Waals surface area contributed by atoms with Gasteiger partial charge in [0.2, 0.25) is 5.91 Å². The van der Waals surface area contributed by atoms with Crippen LogP contribution in [0.5, 0.6) is 0 Å². The van der Waals surface area contributed by atoms with Crippen LogP contribution in [0.4, 0.5) is 11.5 Å². The smallest absolute Gasteiger partial charge is 0.234 e. The Morgan fingerprint density at radius 3 is 2.27 bits per heavy atom. The number of amides is 1. The Hall–Kier alpha value is -3.33. The number of carbonyl (C=O) groups is 1. The third-order valence-corrected chi connectivity index (χ3v) is 10.0. The van der Waals surface area contributed by atoms with Crippen molar-refractivity contribution in [3.05, 3.63) is 113 Å². The molecule has 184 valence electrons. The quantitative estimate of drug-likeness (QED) is 0.176. The van der Waals surface area contributed by atoms with Gasteiger partial charge in [-0.1, -0.05) is 90.6 Å². The molecule has 37 heavy (non-hydrogen) atoms. The number of rotatable bonds is 6. The average Bonchev–Trinajstić information content (AvgIpc) is 3.32. The van der Waals surface area contributed by atoms with Gasteiger partial charge in [-0.15, -0.1) is 23.1 Å². The normalized spacial score (nSPS) is 16.9. The Morgan fingerprint density at radius 2 is 1.57 bits per heavy atom. The van der Waals surface area contributed by atoms with Crippen molar-refractivity contribution in [3.63, 3.8) is 0 Å². The largest absolute Gasteiger partial charge is 0.383 e. The van der Waals surface area contributed by atoms with Crippen molar-refractivity contribution < 1.29 is 4.79 Å². The molecule has 1 aliphatic rings. The van der Waals surface area contributed by atoms with Crippen LogP contribution in [0.15, 0.2) is 96.2 Å². The van der Waals surface area contributed by atoms with Crippen molar-refractivity contribution in [2.24, 2.45) is 0 Å². The van der Waals surface area contributed by atoms with E-state index in [0.717, 1.165) is 22.3 Å². The van der Waals surface area contributed by atoms with Gasteiger partial charge in [-0.05, 0) is 35.2 Å². The summed E-state index contributed by atoms with van der Waals surface area (Å²) in [6.45, 7) is 0. The number of thiophene rings is 1. The van der Waals surface area contributed by atoms with Gasteiger partial charge in [-0.25, -0.2) is 9.97 Å². The third kappa shape index (κ3) is 5.09. The summed E-state index contributed by atoms with van der Waals surface area (Å²) in [5.41, 5.74) is 11.2. The number of aromatic nitrogens is 2. The molecule has 3 heterocycles. The number of fused-ring (bicyclic) bond motifs is 3. The first-order chi connectivity index (χ1) is 18.2. The molecule has 0 fully saturated rings. The minimum atomic E-state index is -0.102. The standard InChI is InChI=1S/C29H24N4OS3/c30-27-24-21-16-22(18-10-4-1-5-11-18)36-25(19-12-6-2-7-13-19)26(21)37-28(24)33-29(32-27)35-17-23(34)31-20-14-8-3-9-15-20/h1-15,22,25H,16-17H2,(H,31,34)(H2,30,32,33)/t22-,25+/m0/s1. The van der Waals surface area contributed by atoms with E-state index in [1.807, 2.05) is 42.1 Å². The molecular weight excluding hydrogens is 517 g/mol. The molecule has 0 spiro atoms. The number of anilines is 2. The SMILES string of the molecule is Nc1nc(SCC(=O)Nc2ccccc2)nc2sc3c(c12)C[C@@H](c1ccccc1)S[C@@H]3c1ccccc1. The topological polar surface area (TPSA) is 80.9 Å². The van der Waals surface area contributed by atoms with Crippen LogP contribution in [0, 0.1) is 0 Å². The van der Waals surface area contributed by atoms with Crippen molar-refractivity contribution in [2.45, 2.75) is 22.1 Å². The van der Waals surface area contributed by atoms with Crippen molar-refractivity contribution >= 4 is 62.5 Å². The van der Waals surface area contributed by atoms with E-state index in [4.69, 9.17) is 10.7 Å². The zero-order valence-electron chi connectivity index (χ0n) is 19.8. The van der Waals surface area contributed by atoms with Gasteiger partial charge in [0.1, 0.15) is 10.6 Å². The molecule has 8 heteroatoms. The first-order valence-electron chi connectivity index (χ1n) is 12.0. The molecule has 1 amide bonds. The van der Waals surface area contributed by atoms with Crippen molar-refractivity contribution in [1.82, 2.24) is 9.97 Å². The molecule has 3 N–H and O–H groups in total. The second-order valence-electron chi connectivity index (χ2n) is 8.75. The summed E-state index contributed by atoms with van der Waals surface area (Å²) >= 11 is 4.99. The monoisotopic (exact) mass is 540 g/mol. The van der Waals surface area contributed by atoms with E-state index in [9.17, 15) is 4.79 Å². The fourth-order valence-electron chi connectivity index (χ4n) is 4.59. The van der Waals surface area contributed by atoms with E-state index >= 15 is 0 Å². The number of nitrogens with zero attached hydrogens (tertiary/aromatic N) is 2. The van der Waals surface area contributed by atoms with Crippen LogP contribution >= 0.6 is 34.9 Å². The van der Waals surface area contributed by atoms with Crippen LogP contribution < -0.4 is 11.1 Å². The van der Waals surface area contributed by atoms with E-state index in [0.29, 0.717) is 16.2 Å². The number of benzene rings is 3. The summed E-state index contributed by atoms with van der Waals surface area (Å²) in [4.78, 5) is 24.1. The first-order valence-corrected chi connectivity index (χ1v) is 14.7. The summed E-state index contributed by atoms with van der Waals surface area (Å²) in [6.07, 6.45) is 0.882. The highest BCUT2D eigenvalue weighted by Crippen LogP contribution is 2.55. The maximum Gasteiger partial charge on any atom is 0.234 e. The van der Waals surface area contributed by atoms with Gasteiger partial charge in [0.05, 0.1) is 16.4 Å². The summed E-state index contributed by atoms with van der Waals surface area (Å²) in [6, 6.07) is 30.7. The van der Waals surface area contributed by atoms with Crippen molar-refractivity contribution in [1.29, 1.82) is 0 Å². The number of hydrogen-bond acceptors (Lipinski definition) is 7. The molecule has 0 aliphatic carbocycles. The van der Waals surface area contributed by atoms with Crippen molar-refractivity contribution in [2.75, 3.05) is 16.8 Å². The van der Waals surface area contributed by atoms with Crippen LogP contribution in [0.2, 0.25) is 0 Å². The van der Waals surface area contributed by atoms with Crippen molar-refractivity contribution in [3.8, 4) is 0 Å². The number of thioether (sulfide) groups is 2. The molecule has 6 rings (SSSR count). The Morgan fingerprint density at radius 1 is 0.919 bits per heavy atom. The molecule has 3 aromatic carbocycles. The van der Waals surface area contributed by atoms with Crippen LogP contribution in [-0.4, -0.2) is 21.6 Å². The van der Waals surface area contributed by atoms with E-state index in [1.165, 1.54) is 33.3 Å². The van der Waals surface area contributed by atoms with Gasteiger partial charge in [0.15, 0.2) is 5.16 Å². The molecule has 0 saturated carbocycles. The summed E-state index contributed by atoms with van der Waals surface area (Å²) in [5.74, 6) is 0.595. The predicted octanol–water partition coefficient (Wildman–Crippen LogP) is 7.12. The minimum absolute atomic E-state index is 0.102. The zero-order valence-corrected chi connectivity index (χ0v) is 22.3. The molecule has 2 aromatic heterocycles. The maximum absolute atomic E-state index is 12.4. The highest BCUT2D eigenvalue weighted by Gasteiger charge is 2.34. The maximum atomic E-state index is 12.4. The Balaban J connectivity index is 1.32. The van der Waals surface area contributed by atoms with Gasteiger partial charge < -0.3 is 11.1 Å². The third-order valence-electron chi connectivity index (χ3n) is 6.28. The zero-order chi connectivity index (χ0) is 25.2. The summed E-state index contributed by atoms with van der Waals surface area (Å²) in [7, 11) is 0. The van der Waals surface area contributed by atoms with Gasteiger partial charge >= 0.3 is 0 Å². The van der Waals surface area contributed by atoms with Gasteiger partial charge in [0.25, 0.3) is 0 Å². The lowest BCUT2D eigenvalue weighted by molar-refractivity contribution is -0.113. The van der Waals surface area contributed by atoms with E-state index in [-0.39, 0.29) is 16.9 Å². The Labute approximate surface area is 227 Å². The summed E-state index contributed by atoms with van der Waals surface area (Å²) in [5, 5.41) is 4.89. The van der Waals surface area contributed by atoms with Gasteiger partial charge in [0, 0.05) is 15.8 Å². The van der Waals surface area contributed by atoms with Gasteiger partial charge in [-0.3, -0.25) is 4.79 Å². The molecule has 0 radical (unpaired) electrons. The van der Waals surface area contributed by atoms with E-state index in [2.05, 4.69) is 71.0 Å². The summed E-state index contributed by atoms with van der Waals surface area (Å²) < 4.78 is 0. The Kier molecular flexibility index (Phi) is 6.87. The molecule has 5 aromatic rings. The van der Waals surface area contributed by atoms with Crippen LogP contribution in [0.25, 0.3) is 10.2 Å². The Bertz CT molecular complexity index is 1540. The predicted molar refractivity (Wildman–Crippen MR) is 156 cm³/mol. The lowest BCUT2D eigenvalue weighted by Crippen LogP contribution is -2.14. The molecule has 2 atom stereocenters. The number of hydrogen-bond donors (Lipinski definition) is 2. The van der Waals surface area contributed by atoms with E-state index < -0.39 is 0 Å². The molecule has 1 aliphatic heterocycles. The molecule has 0 unspecified atom stereocenters. The molecule has 0 bridgehead atoms. The van der Waals surface area contributed by atoms with Gasteiger partial charge in [-0.2, -0.15) is 0 Å². The van der Waals surface area contributed by atoms with E-state index in [1.54, 1.807) is 11.3 Å². The number of carbonyl (C=O) groups excluding carboxylic acids is 1. The molecule has 0 saturated heterocycles. The second-order valence-corrected chi connectivity index (χ2v) is 12.0. The fraction of sp³-hybridized carbons (Fsp3) is 0.138. The number of nitrogen functional groups attached to an aromatic ring is 1. The highest BCUT2D eigenvalue weighted by atomic mass is 32.2. The number of nitrogens with two attached hydrogens (primary N) is 1. The number of nitrogens with one attached hydrogen (secondary N) is 1. The molecule has 5 nitrogen and oxygen atoms in total. The second kappa shape index (κ2) is 10.6. The minimum Gasteiger partial charge on any atom is -0.383 e. The van der Waals surface area contributed by atoms with Crippen LogP contribution in [0.3, 0.4) is 0 Å². The lowest BCUT2D eigenvalue weighted by atomic mass is 9.98. The average molecular weight is 541 g/mol. The van der Waals surface area contributed by atoms with Crippen LogP contribution in [-0.2, 0) is 11.2 Å². The highest BCUT2D eigenvalue weighted by molar-refractivity contribution is 8.00. The lowest BCUT2D eigenvalue weighted by Gasteiger charge is -2.30. The van der Waals surface area contributed by atoms with Crippen LogP contribution in [0.1, 0.15) is 32.1 Å². The fourth-order valence-corrected chi connectivity index (χ4v) is 8.32. The first kappa shape index (κ1) is 24.0.